The molecule has 4 aromatic rings. The molecule has 1 aromatic heterocycles. The number of fused-ring (bicyclic) bond motifs is 1. The average Bonchev–Trinajstić information content (AvgIpc) is 2.79. The van der Waals surface area contributed by atoms with Crippen LogP contribution in [0.4, 0.5) is 0 Å². The fraction of sp³-hybridized carbons (Fsp3) is 0.0870. The molecule has 0 bridgehead atoms. The first-order valence-electron chi connectivity index (χ1n) is 9.36. The number of carbonyl (C=O) groups excluding carboxylic acids is 1. The third-order valence-electron chi connectivity index (χ3n) is 5.22. The Morgan fingerprint density at radius 1 is 0.867 bits per heavy atom. The Bertz CT molecular complexity index is 1320. The first-order chi connectivity index (χ1) is 14.6. The highest BCUT2D eigenvalue weighted by Gasteiger charge is 2.49. The van der Waals surface area contributed by atoms with Crippen molar-refractivity contribution in [3.63, 3.8) is 0 Å². The van der Waals surface area contributed by atoms with Crippen LogP contribution in [0, 0.1) is 0 Å². The van der Waals surface area contributed by atoms with Gasteiger partial charge in [-0.25, -0.2) is 9.99 Å². The molecule has 2 heterocycles. The molecule has 0 radical (unpaired) electrons. The summed E-state index contributed by atoms with van der Waals surface area (Å²) in [5.41, 5.74) is 1.85. The van der Waals surface area contributed by atoms with E-state index in [1.165, 1.54) is 9.69 Å². The summed E-state index contributed by atoms with van der Waals surface area (Å²) in [5.74, 6) is 0.0688. The Kier molecular flexibility index (Phi) is 4.68. The molecule has 0 N–H and O–H groups in total. The van der Waals surface area contributed by atoms with Crippen LogP contribution in [0.2, 0.25) is 0 Å². The topological polar surface area (TPSA) is 55.2 Å². The number of nitrogens with zero attached hydrogens (tertiary/aromatic N) is 3. The van der Waals surface area contributed by atoms with Crippen LogP contribution in [0.25, 0.3) is 22.3 Å². The lowest BCUT2D eigenvalue weighted by Gasteiger charge is -2.45. The predicted octanol–water partition coefficient (Wildman–Crippen LogP) is 4.65. The minimum atomic E-state index is -0.756. The standard InChI is InChI=1S/C23H15BrClN3O2/c24-16-12-10-14(11-13-16)20-19(25)23(30)27(20)28-21(15-6-2-1-3-7-15)26-18-9-5-4-8-17(18)22(28)29/h1-13,19-20H. The van der Waals surface area contributed by atoms with Gasteiger partial charge in [0.25, 0.3) is 11.5 Å². The predicted molar refractivity (Wildman–Crippen MR) is 121 cm³/mol. The van der Waals surface area contributed by atoms with Gasteiger partial charge in [-0.1, -0.05) is 70.5 Å². The molecule has 0 saturated carbocycles. The highest BCUT2D eigenvalue weighted by atomic mass is 79.9. The molecule has 1 amide bonds. The van der Waals surface area contributed by atoms with Crippen LogP contribution >= 0.6 is 27.5 Å². The van der Waals surface area contributed by atoms with Gasteiger partial charge >= 0.3 is 0 Å². The molecular weight excluding hydrogens is 466 g/mol. The summed E-state index contributed by atoms with van der Waals surface area (Å²) >= 11 is 9.84. The van der Waals surface area contributed by atoms with Gasteiger partial charge in [-0.05, 0) is 29.8 Å². The Balaban J connectivity index is 1.76. The Labute approximate surface area is 185 Å². The van der Waals surface area contributed by atoms with Crippen LogP contribution < -0.4 is 10.6 Å². The van der Waals surface area contributed by atoms with Gasteiger partial charge in [0.2, 0.25) is 0 Å². The molecular formula is C23H15BrClN3O2. The number of aromatic nitrogens is 2. The molecule has 148 valence electrons. The smallest absolute Gasteiger partial charge is 0.271 e. The average molecular weight is 481 g/mol. The number of halogens is 2. The lowest BCUT2D eigenvalue weighted by atomic mass is 9.95. The monoisotopic (exact) mass is 479 g/mol. The van der Waals surface area contributed by atoms with Gasteiger partial charge in [-0.15, -0.1) is 11.6 Å². The number of para-hydroxylation sites is 1. The van der Waals surface area contributed by atoms with E-state index in [0.717, 1.165) is 15.6 Å². The van der Waals surface area contributed by atoms with E-state index in [9.17, 15) is 9.59 Å². The van der Waals surface area contributed by atoms with Crippen LogP contribution in [-0.2, 0) is 4.79 Å². The number of β-lactam (4-membered cyclic amide) rings is 1. The van der Waals surface area contributed by atoms with E-state index in [2.05, 4.69) is 15.9 Å². The number of alkyl halides is 1. The third-order valence-corrected chi connectivity index (χ3v) is 6.17. The van der Waals surface area contributed by atoms with Crippen LogP contribution in [0.5, 0.6) is 0 Å². The molecule has 1 aliphatic heterocycles. The Morgan fingerprint density at radius 3 is 2.27 bits per heavy atom. The summed E-state index contributed by atoms with van der Waals surface area (Å²) < 4.78 is 2.29. The van der Waals surface area contributed by atoms with E-state index in [1.807, 2.05) is 60.7 Å². The number of hydrogen-bond donors (Lipinski definition) is 0. The van der Waals surface area contributed by atoms with Gasteiger partial charge in [-0.2, -0.15) is 4.68 Å². The second-order valence-electron chi connectivity index (χ2n) is 7.02. The summed E-state index contributed by atoms with van der Waals surface area (Å²) in [6, 6.07) is 23.6. The molecule has 2 atom stereocenters. The quantitative estimate of drug-likeness (QED) is 0.317. The second kappa shape index (κ2) is 7.38. The van der Waals surface area contributed by atoms with E-state index in [-0.39, 0.29) is 11.5 Å². The Morgan fingerprint density at radius 2 is 1.53 bits per heavy atom. The lowest BCUT2D eigenvalue weighted by Crippen LogP contribution is -2.64. The summed E-state index contributed by atoms with van der Waals surface area (Å²) in [5, 5.41) is 1.11. The van der Waals surface area contributed by atoms with Crippen molar-refractivity contribution in [3.8, 4) is 11.4 Å². The summed E-state index contributed by atoms with van der Waals surface area (Å²) in [6.45, 7) is 0. The van der Waals surface area contributed by atoms with Crippen molar-refractivity contribution in [1.82, 2.24) is 9.66 Å². The molecule has 3 aromatic carbocycles. The molecule has 1 saturated heterocycles. The molecule has 5 nitrogen and oxygen atoms in total. The molecule has 2 unspecified atom stereocenters. The van der Waals surface area contributed by atoms with Gasteiger partial charge in [0.1, 0.15) is 11.4 Å². The van der Waals surface area contributed by atoms with Crippen LogP contribution in [0.3, 0.4) is 0 Å². The van der Waals surface area contributed by atoms with Crippen molar-refractivity contribution in [1.29, 1.82) is 0 Å². The zero-order valence-corrected chi connectivity index (χ0v) is 17.9. The minimum Gasteiger partial charge on any atom is -0.271 e. The highest BCUT2D eigenvalue weighted by Crippen LogP contribution is 2.38. The Hall–Kier alpha value is -2.96. The number of rotatable bonds is 3. The summed E-state index contributed by atoms with van der Waals surface area (Å²) in [7, 11) is 0. The van der Waals surface area contributed by atoms with Gasteiger partial charge in [0.15, 0.2) is 5.82 Å². The third kappa shape index (κ3) is 2.95. The maximum absolute atomic E-state index is 13.5. The van der Waals surface area contributed by atoms with Crippen LogP contribution in [0.15, 0.2) is 88.1 Å². The highest BCUT2D eigenvalue weighted by molar-refractivity contribution is 9.10. The van der Waals surface area contributed by atoms with E-state index in [1.54, 1.807) is 18.2 Å². The maximum atomic E-state index is 13.5. The molecule has 0 aliphatic carbocycles. The van der Waals surface area contributed by atoms with Crippen molar-refractivity contribution in [2.24, 2.45) is 0 Å². The second-order valence-corrected chi connectivity index (χ2v) is 8.40. The first-order valence-corrected chi connectivity index (χ1v) is 10.6. The fourth-order valence-electron chi connectivity index (χ4n) is 3.73. The number of amides is 1. The van der Waals surface area contributed by atoms with Crippen molar-refractivity contribution in [2.45, 2.75) is 11.4 Å². The molecule has 30 heavy (non-hydrogen) atoms. The van der Waals surface area contributed by atoms with Crippen molar-refractivity contribution in [2.75, 3.05) is 5.01 Å². The van der Waals surface area contributed by atoms with Gasteiger partial charge < -0.3 is 0 Å². The van der Waals surface area contributed by atoms with E-state index < -0.39 is 11.4 Å². The van der Waals surface area contributed by atoms with Crippen molar-refractivity contribution < 1.29 is 4.79 Å². The van der Waals surface area contributed by atoms with Gasteiger partial charge in [0, 0.05) is 10.0 Å². The summed E-state index contributed by atoms with van der Waals surface area (Å²) in [4.78, 5) is 31.1. The molecule has 7 heteroatoms. The van der Waals surface area contributed by atoms with Crippen molar-refractivity contribution >= 4 is 44.3 Å². The normalized spacial score (nSPS) is 18.5. The largest absolute Gasteiger partial charge is 0.280 e. The van der Waals surface area contributed by atoms with Crippen molar-refractivity contribution in [3.05, 3.63) is 99.3 Å². The van der Waals surface area contributed by atoms with Crippen LogP contribution in [-0.4, -0.2) is 20.9 Å². The maximum Gasteiger partial charge on any atom is 0.280 e. The SMILES string of the molecule is O=C1C(Cl)C(c2ccc(Br)cc2)N1n1c(-c2ccccc2)nc2ccccc2c1=O. The summed E-state index contributed by atoms with van der Waals surface area (Å²) in [6.07, 6.45) is 0. The number of carbonyl (C=O) groups is 1. The molecule has 5 rings (SSSR count). The first kappa shape index (κ1) is 19.0. The lowest BCUT2D eigenvalue weighted by molar-refractivity contribution is -0.126. The minimum absolute atomic E-state index is 0.307. The van der Waals surface area contributed by atoms with E-state index in [0.29, 0.717) is 16.7 Å². The van der Waals surface area contributed by atoms with Crippen LogP contribution in [0.1, 0.15) is 11.6 Å². The zero-order valence-electron chi connectivity index (χ0n) is 15.6. The van der Waals surface area contributed by atoms with E-state index >= 15 is 0 Å². The number of benzene rings is 3. The van der Waals surface area contributed by atoms with Gasteiger partial charge in [-0.3, -0.25) is 9.59 Å². The molecule has 0 spiro atoms. The molecule has 1 aliphatic rings. The zero-order chi connectivity index (χ0) is 20.8. The van der Waals surface area contributed by atoms with Gasteiger partial charge in [0.05, 0.1) is 10.9 Å². The fourth-order valence-corrected chi connectivity index (χ4v) is 4.35. The van der Waals surface area contributed by atoms with E-state index in [4.69, 9.17) is 16.6 Å². The molecule has 1 fully saturated rings. The number of hydrogen-bond acceptors (Lipinski definition) is 3.